The van der Waals surface area contributed by atoms with Crippen LogP contribution in [-0.4, -0.2) is 49.6 Å². The zero-order valence-corrected chi connectivity index (χ0v) is 25.3. The SMILES string of the molecule is O=[N+]([O-])c1ccnc(/C=C/c2nc(/C=C/c3cc([N+](=O)[O-])ccn3)c(/C=C/c3cc([N+](=O)[O-])ccn3)nc2/C=C/c2cc([N+](=O)[O-])ccn2)c1. The van der Waals surface area contributed by atoms with Crippen molar-refractivity contribution in [2.24, 2.45) is 0 Å². The Morgan fingerprint density at radius 2 is 0.600 bits per heavy atom. The summed E-state index contributed by atoms with van der Waals surface area (Å²) in [6.07, 6.45) is 17.0. The lowest BCUT2D eigenvalue weighted by Crippen LogP contribution is -2.00. The fourth-order valence-electron chi connectivity index (χ4n) is 4.20. The quantitative estimate of drug-likeness (QED) is 0.103. The van der Waals surface area contributed by atoms with Gasteiger partial charge in [-0.15, -0.1) is 0 Å². The van der Waals surface area contributed by atoms with E-state index >= 15 is 0 Å². The molecule has 5 aromatic rings. The summed E-state index contributed by atoms with van der Waals surface area (Å²) < 4.78 is 0. The van der Waals surface area contributed by atoms with E-state index in [-0.39, 0.29) is 68.3 Å². The highest BCUT2D eigenvalue weighted by Crippen LogP contribution is 2.22. The topological polar surface area (TPSA) is 250 Å². The fourth-order valence-corrected chi connectivity index (χ4v) is 4.20. The molecule has 5 rings (SSSR count). The van der Waals surface area contributed by atoms with Crippen LogP contribution >= 0.6 is 0 Å². The van der Waals surface area contributed by atoms with Crippen LogP contribution in [0.3, 0.4) is 0 Å². The third-order valence-corrected chi connectivity index (χ3v) is 6.56. The van der Waals surface area contributed by atoms with Crippen LogP contribution in [0.15, 0.2) is 73.3 Å². The summed E-state index contributed by atoms with van der Waals surface area (Å²) in [6.45, 7) is 0. The Labute approximate surface area is 280 Å². The molecule has 0 bridgehead atoms. The molecule has 0 aliphatic heterocycles. The Bertz CT molecular complexity index is 1960. The predicted octanol–water partition coefficient (Wildman–Crippen LogP) is 6.37. The zero-order valence-electron chi connectivity index (χ0n) is 25.3. The first-order valence-electron chi connectivity index (χ1n) is 14.1. The van der Waals surface area contributed by atoms with E-state index in [1.807, 2.05) is 0 Å². The van der Waals surface area contributed by atoms with Gasteiger partial charge in [-0.1, -0.05) is 0 Å². The van der Waals surface area contributed by atoms with Crippen molar-refractivity contribution in [3.63, 3.8) is 0 Å². The molecule has 0 aliphatic carbocycles. The van der Waals surface area contributed by atoms with E-state index in [2.05, 4.69) is 19.9 Å². The van der Waals surface area contributed by atoms with Gasteiger partial charge in [0.25, 0.3) is 22.7 Å². The number of hydrogen-bond donors (Lipinski definition) is 0. The van der Waals surface area contributed by atoms with E-state index in [9.17, 15) is 40.5 Å². The van der Waals surface area contributed by atoms with E-state index in [1.54, 1.807) is 0 Å². The second-order valence-corrected chi connectivity index (χ2v) is 9.88. The van der Waals surface area contributed by atoms with Crippen molar-refractivity contribution < 1.29 is 19.7 Å². The fraction of sp³-hybridized carbons (Fsp3) is 0. The van der Waals surface area contributed by atoms with Gasteiger partial charge in [0.15, 0.2) is 0 Å². The highest BCUT2D eigenvalue weighted by molar-refractivity contribution is 5.81. The van der Waals surface area contributed by atoms with Crippen molar-refractivity contribution in [1.29, 1.82) is 0 Å². The second kappa shape index (κ2) is 15.2. The molecule has 246 valence electrons. The van der Waals surface area contributed by atoms with Crippen LogP contribution in [0, 0.1) is 40.5 Å². The van der Waals surface area contributed by atoms with Crippen LogP contribution in [0.4, 0.5) is 22.7 Å². The molecule has 5 heterocycles. The summed E-state index contributed by atoms with van der Waals surface area (Å²) in [5.41, 5.74) is 1.05. The lowest BCUT2D eigenvalue weighted by Gasteiger charge is -2.07. The maximum absolute atomic E-state index is 11.3. The number of hydrogen-bond acceptors (Lipinski definition) is 14. The lowest BCUT2D eigenvalue weighted by atomic mass is 10.1. The number of rotatable bonds is 12. The highest BCUT2D eigenvalue weighted by atomic mass is 16.6. The zero-order chi connectivity index (χ0) is 35.6. The molecule has 0 saturated heterocycles. The van der Waals surface area contributed by atoms with E-state index in [0.29, 0.717) is 0 Å². The molecule has 18 nitrogen and oxygen atoms in total. The first-order chi connectivity index (χ1) is 24.0. The van der Waals surface area contributed by atoms with Gasteiger partial charge in [0.2, 0.25) is 0 Å². The molecule has 0 atom stereocenters. The maximum atomic E-state index is 11.3. The molecule has 0 saturated carbocycles. The van der Waals surface area contributed by atoms with Gasteiger partial charge in [-0.3, -0.25) is 60.4 Å². The molecular formula is C32H20N10O8. The van der Waals surface area contributed by atoms with Gasteiger partial charge < -0.3 is 0 Å². The molecule has 0 spiro atoms. The van der Waals surface area contributed by atoms with Crippen molar-refractivity contribution in [3.8, 4) is 0 Å². The van der Waals surface area contributed by atoms with Gasteiger partial charge in [-0.25, -0.2) is 9.97 Å². The number of nitro groups is 4. The molecule has 18 heteroatoms. The number of pyridine rings is 4. The van der Waals surface area contributed by atoms with Gasteiger partial charge in [-0.05, 0) is 48.6 Å². The summed E-state index contributed by atoms with van der Waals surface area (Å²) in [5, 5.41) is 45.2. The van der Waals surface area contributed by atoms with Crippen LogP contribution in [0.1, 0.15) is 45.6 Å². The van der Waals surface area contributed by atoms with Crippen molar-refractivity contribution in [2.45, 2.75) is 0 Å². The molecule has 0 fully saturated rings. The molecule has 0 unspecified atom stereocenters. The first-order valence-corrected chi connectivity index (χ1v) is 14.1. The maximum Gasteiger partial charge on any atom is 0.273 e. The van der Waals surface area contributed by atoms with Crippen LogP contribution in [0.2, 0.25) is 0 Å². The van der Waals surface area contributed by atoms with E-state index in [0.717, 1.165) is 0 Å². The summed E-state index contributed by atoms with van der Waals surface area (Å²) in [6, 6.07) is 9.96. The standard InChI is InChI=1S/C32H20N10O8/c43-39(44)25-9-13-33-21(17-25)1-5-29-30(6-2-22-18-26(40(45)46)10-14-34-22)38-32(8-4-24-20-28(42(49)50)12-16-36-24)31(37-29)7-3-23-19-27(41(47)48)11-15-35-23/h1-20H/b5-1+,6-2+,7-3+,8-4+. The molecule has 50 heavy (non-hydrogen) atoms. The minimum absolute atomic E-state index is 0.189. The minimum Gasteiger partial charge on any atom is -0.258 e. The Morgan fingerprint density at radius 1 is 0.380 bits per heavy atom. The molecular weight excluding hydrogens is 652 g/mol. The van der Waals surface area contributed by atoms with Gasteiger partial charge in [0, 0.05) is 73.3 Å². The van der Waals surface area contributed by atoms with E-state index < -0.39 is 19.7 Å². The number of nitrogens with zero attached hydrogens (tertiary/aromatic N) is 10. The molecule has 0 amide bonds. The molecule has 5 aromatic heterocycles. The average Bonchev–Trinajstić information content (AvgIpc) is 3.12. The first kappa shape index (κ1) is 33.6. The largest absolute Gasteiger partial charge is 0.273 e. The van der Waals surface area contributed by atoms with Gasteiger partial charge >= 0.3 is 0 Å². The van der Waals surface area contributed by atoms with E-state index in [1.165, 1.54) is 122 Å². The Morgan fingerprint density at radius 3 is 0.800 bits per heavy atom. The van der Waals surface area contributed by atoms with Crippen LogP contribution in [0.5, 0.6) is 0 Å². The van der Waals surface area contributed by atoms with Gasteiger partial charge in [-0.2, -0.15) is 0 Å². The Kier molecular flexibility index (Phi) is 10.2. The molecule has 0 aliphatic rings. The third kappa shape index (κ3) is 8.73. The number of aromatic nitrogens is 6. The van der Waals surface area contributed by atoms with Crippen molar-refractivity contribution in [1.82, 2.24) is 29.9 Å². The normalized spacial score (nSPS) is 11.5. The van der Waals surface area contributed by atoms with Crippen molar-refractivity contribution >= 4 is 71.4 Å². The molecule has 0 aromatic carbocycles. The summed E-state index contributed by atoms with van der Waals surface area (Å²) >= 11 is 0. The van der Waals surface area contributed by atoms with Gasteiger partial charge in [0.05, 0.1) is 65.2 Å². The van der Waals surface area contributed by atoms with Crippen LogP contribution in [-0.2, 0) is 0 Å². The Balaban J connectivity index is 1.66. The van der Waals surface area contributed by atoms with Crippen molar-refractivity contribution in [3.05, 3.63) is 159 Å². The summed E-state index contributed by atoms with van der Waals surface area (Å²) in [7, 11) is 0. The highest BCUT2D eigenvalue weighted by Gasteiger charge is 2.12. The third-order valence-electron chi connectivity index (χ3n) is 6.56. The van der Waals surface area contributed by atoms with Gasteiger partial charge in [0.1, 0.15) is 0 Å². The molecule has 0 radical (unpaired) electrons. The van der Waals surface area contributed by atoms with Crippen LogP contribution < -0.4 is 0 Å². The van der Waals surface area contributed by atoms with E-state index in [4.69, 9.17) is 9.97 Å². The van der Waals surface area contributed by atoms with Crippen molar-refractivity contribution in [2.75, 3.05) is 0 Å². The average molecular weight is 673 g/mol. The minimum atomic E-state index is -0.568. The lowest BCUT2D eigenvalue weighted by molar-refractivity contribution is -0.385. The van der Waals surface area contributed by atoms with Crippen LogP contribution in [0.25, 0.3) is 48.6 Å². The molecule has 0 N–H and O–H groups in total. The second-order valence-electron chi connectivity index (χ2n) is 9.88. The predicted molar refractivity (Wildman–Crippen MR) is 181 cm³/mol. The monoisotopic (exact) mass is 672 g/mol. The Hall–Kier alpha value is -7.76. The summed E-state index contributed by atoms with van der Waals surface area (Å²) in [4.78, 5) is 68.9. The summed E-state index contributed by atoms with van der Waals surface area (Å²) in [5.74, 6) is 0. The smallest absolute Gasteiger partial charge is 0.258 e.